The second kappa shape index (κ2) is 9.09. The highest BCUT2D eigenvalue weighted by Crippen LogP contribution is 2.38. The molecule has 2 heterocycles. The number of amides is 1. The number of carbonyl (C=O) groups is 1. The van der Waals surface area contributed by atoms with E-state index < -0.39 is 22.9 Å². The first-order valence-corrected chi connectivity index (χ1v) is 10.0. The first-order chi connectivity index (χ1) is 15.2. The smallest absolute Gasteiger partial charge is 0.266 e. The van der Waals surface area contributed by atoms with Crippen LogP contribution in [0.15, 0.2) is 27.7 Å². The van der Waals surface area contributed by atoms with E-state index in [1.807, 2.05) is 12.1 Å². The van der Waals surface area contributed by atoms with Gasteiger partial charge in [0.15, 0.2) is 13.0 Å². The number of nitriles is 2. The zero-order valence-electron chi connectivity index (χ0n) is 16.5. The molecule has 0 saturated heterocycles. The standard InChI is InChI=1S/C19H13ClFN7O3S/c1-8(17(29)25-9-3-4-13(21)12(20)5-9)32-18-11(7-23)14(10(6-22)16(24)26-18)15-19(30)31-27-28(15)2/h3-5,8H,1-2H3,(H3-,24,25,26,27,29,30). The molecule has 1 atom stereocenters. The number of pyridine rings is 1. The number of thioether (sulfide) groups is 1. The minimum absolute atomic E-state index is 0.0272. The van der Waals surface area contributed by atoms with Crippen molar-refractivity contribution >= 4 is 40.8 Å². The summed E-state index contributed by atoms with van der Waals surface area (Å²) in [6.07, 6.45) is 0. The third-order valence-corrected chi connectivity index (χ3v) is 5.64. The van der Waals surface area contributed by atoms with Crippen molar-refractivity contribution in [1.29, 1.82) is 10.5 Å². The van der Waals surface area contributed by atoms with Crippen LogP contribution < -0.4 is 20.8 Å². The van der Waals surface area contributed by atoms with E-state index in [0.717, 1.165) is 22.5 Å². The molecule has 3 rings (SSSR count). The van der Waals surface area contributed by atoms with Crippen LogP contribution in [-0.4, -0.2) is 21.4 Å². The SMILES string of the molecule is CC(Sc1nc(N)c(C#N)c(-c2c([O-])on[n+]2C)c1C#N)C(=O)Nc1ccc(F)c(Cl)c1. The molecule has 3 aromatic rings. The Morgan fingerprint density at radius 3 is 2.66 bits per heavy atom. The molecule has 13 heteroatoms. The molecule has 10 nitrogen and oxygen atoms in total. The third-order valence-electron chi connectivity index (χ3n) is 4.26. The summed E-state index contributed by atoms with van der Waals surface area (Å²) in [5.41, 5.74) is 5.59. The molecule has 0 bridgehead atoms. The van der Waals surface area contributed by atoms with Gasteiger partial charge in [-0.3, -0.25) is 4.79 Å². The molecule has 0 spiro atoms. The molecule has 3 N–H and O–H groups in total. The highest BCUT2D eigenvalue weighted by molar-refractivity contribution is 8.00. The van der Waals surface area contributed by atoms with Crippen molar-refractivity contribution in [3.8, 4) is 29.3 Å². The van der Waals surface area contributed by atoms with Gasteiger partial charge in [0.25, 0.3) is 5.69 Å². The van der Waals surface area contributed by atoms with E-state index in [1.165, 1.54) is 19.2 Å². The van der Waals surface area contributed by atoms with Gasteiger partial charge in [0, 0.05) is 5.69 Å². The molecular formula is C19H13ClFN7O3S. The van der Waals surface area contributed by atoms with Crippen molar-refractivity contribution in [2.45, 2.75) is 17.2 Å². The fourth-order valence-electron chi connectivity index (χ4n) is 2.74. The predicted octanol–water partition coefficient (Wildman–Crippen LogP) is 1.87. The van der Waals surface area contributed by atoms with Crippen LogP contribution in [0.3, 0.4) is 0 Å². The number of benzene rings is 1. The average molecular weight is 474 g/mol. The first-order valence-electron chi connectivity index (χ1n) is 8.77. The molecule has 32 heavy (non-hydrogen) atoms. The number of nitrogen functional groups attached to an aromatic ring is 1. The summed E-state index contributed by atoms with van der Waals surface area (Å²) in [5, 5.41) is 36.6. The maximum absolute atomic E-state index is 13.3. The number of nitrogens with two attached hydrogens (primary N) is 1. The molecule has 0 saturated carbocycles. The number of nitrogens with one attached hydrogen (secondary N) is 1. The Hall–Kier alpha value is -3.87. The Morgan fingerprint density at radius 2 is 2.09 bits per heavy atom. The molecule has 1 amide bonds. The first kappa shape index (κ1) is 22.8. The topological polar surface area (TPSA) is 169 Å². The maximum Gasteiger partial charge on any atom is 0.266 e. The summed E-state index contributed by atoms with van der Waals surface area (Å²) in [7, 11) is 1.40. The van der Waals surface area contributed by atoms with Crippen molar-refractivity contribution < 1.29 is 23.5 Å². The lowest BCUT2D eigenvalue weighted by Crippen LogP contribution is -2.32. The van der Waals surface area contributed by atoms with Gasteiger partial charge in [-0.15, -0.1) is 0 Å². The van der Waals surface area contributed by atoms with Crippen LogP contribution in [0, 0.1) is 28.5 Å². The minimum Gasteiger partial charge on any atom is -0.539 e. The monoisotopic (exact) mass is 473 g/mol. The summed E-state index contributed by atoms with van der Waals surface area (Å²) in [6.45, 7) is 1.54. The quantitative estimate of drug-likeness (QED) is 0.414. The van der Waals surface area contributed by atoms with Crippen LogP contribution in [-0.2, 0) is 11.8 Å². The Bertz CT molecular complexity index is 1300. The summed E-state index contributed by atoms with van der Waals surface area (Å²) >= 11 is 6.61. The van der Waals surface area contributed by atoms with E-state index >= 15 is 0 Å². The van der Waals surface area contributed by atoms with Crippen molar-refractivity contribution in [2.75, 3.05) is 11.1 Å². The molecule has 0 aliphatic heterocycles. The largest absolute Gasteiger partial charge is 0.539 e. The van der Waals surface area contributed by atoms with Crippen molar-refractivity contribution in [1.82, 2.24) is 10.3 Å². The number of nitrogens with zero attached hydrogens (tertiary/aromatic N) is 5. The van der Waals surface area contributed by atoms with E-state index in [0.29, 0.717) is 0 Å². The minimum atomic E-state index is -0.874. The van der Waals surface area contributed by atoms with Crippen molar-refractivity contribution in [3.63, 3.8) is 0 Å². The second-order valence-electron chi connectivity index (χ2n) is 6.36. The van der Waals surface area contributed by atoms with Crippen molar-refractivity contribution in [2.24, 2.45) is 7.05 Å². The number of hydrogen-bond acceptors (Lipinski definition) is 9. The van der Waals surface area contributed by atoms with Crippen LogP contribution in [0.25, 0.3) is 11.3 Å². The molecular weight excluding hydrogens is 461 g/mol. The maximum atomic E-state index is 13.3. The Labute approximate surface area is 190 Å². The molecule has 0 radical (unpaired) electrons. The van der Waals surface area contributed by atoms with Gasteiger partial charge < -0.3 is 20.7 Å². The lowest BCUT2D eigenvalue weighted by molar-refractivity contribution is -0.730. The molecule has 0 aliphatic carbocycles. The van der Waals surface area contributed by atoms with Gasteiger partial charge in [-0.05, 0) is 25.1 Å². The third kappa shape index (κ3) is 4.27. The van der Waals surface area contributed by atoms with E-state index in [1.54, 1.807) is 6.92 Å². The highest BCUT2D eigenvalue weighted by atomic mass is 35.5. The van der Waals surface area contributed by atoms with Gasteiger partial charge in [0.05, 0.1) is 26.7 Å². The van der Waals surface area contributed by atoms with Crippen LogP contribution >= 0.6 is 23.4 Å². The normalized spacial score (nSPS) is 11.4. The molecule has 0 fully saturated rings. The second-order valence-corrected chi connectivity index (χ2v) is 8.10. The van der Waals surface area contributed by atoms with Crippen molar-refractivity contribution in [3.05, 3.63) is 40.2 Å². The number of aryl methyl sites for hydroxylation is 1. The highest BCUT2D eigenvalue weighted by Gasteiger charge is 2.30. The van der Waals surface area contributed by atoms with Gasteiger partial charge in [-0.2, -0.15) is 10.5 Å². The molecule has 0 aliphatic rings. The number of carbonyl (C=O) groups excluding carboxylic acids is 1. The zero-order valence-corrected chi connectivity index (χ0v) is 18.1. The molecule has 2 aromatic heterocycles. The van der Waals surface area contributed by atoms with Gasteiger partial charge in [-0.1, -0.05) is 28.0 Å². The molecule has 1 unspecified atom stereocenters. The van der Waals surface area contributed by atoms with Gasteiger partial charge >= 0.3 is 0 Å². The average Bonchev–Trinajstić information content (AvgIpc) is 3.08. The van der Waals surface area contributed by atoms with Gasteiger partial charge in [-0.25, -0.2) is 9.37 Å². The number of hydrogen-bond donors (Lipinski definition) is 2. The van der Waals surface area contributed by atoms with E-state index in [-0.39, 0.29) is 43.9 Å². The van der Waals surface area contributed by atoms with E-state index in [2.05, 4.69) is 20.1 Å². The molecule has 1 aromatic carbocycles. The van der Waals surface area contributed by atoms with Gasteiger partial charge in [0.1, 0.15) is 34.4 Å². The number of rotatable bonds is 5. The lowest BCUT2D eigenvalue weighted by Gasteiger charge is -2.15. The predicted molar refractivity (Wildman–Crippen MR) is 110 cm³/mol. The zero-order chi connectivity index (χ0) is 23.6. The summed E-state index contributed by atoms with van der Waals surface area (Å²) in [4.78, 5) is 16.7. The summed E-state index contributed by atoms with van der Waals surface area (Å²) < 4.78 is 19.0. The Balaban J connectivity index is 1.99. The lowest BCUT2D eigenvalue weighted by atomic mass is 10.0. The fourth-order valence-corrected chi connectivity index (χ4v) is 3.84. The Morgan fingerprint density at radius 1 is 1.41 bits per heavy atom. The van der Waals surface area contributed by atoms with Crippen LogP contribution in [0.4, 0.5) is 15.9 Å². The van der Waals surface area contributed by atoms with Crippen LogP contribution in [0.1, 0.15) is 18.1 Å². The number of aromatic nitrogens is 3. The Kier molecular flexibility index (Phi) is 6.48. The van der Waals surface area contributed by atoms with E-state index in [9.17, 15) is 24.8 Å². The van der Waals surface area contributed by atoms with E-state index in [4.69, 9.17) is 17.3 Å². The summed E-state index contributed by atoms with van der Waals surface area (Å²) in [5.74, 6) is -2.23. The summed E-state index contributed by atoms with van der Waals surface area (Å²) in [6, 6.07) is 7.46. The van der Waals surface area contributed by atoms with Crippen LogP contribution in [0.5, 0.6) is 5.95 Å². The number of halogens is 2. The number of anilines is 2. The van der Waals surface area contributed by atoms with Gasteiger partial charge in [0.2, 0.25) is 5.91 Å². The molecule has 162 valence electrons. The van der Waals surface area contributed by atoms with Crippen LogP contribution in [0.2, 0.25) is 5.02 Å². The fraction of sp³-hybridized carbons (Fsp3) is 0.158.